The van der Waals surface area contributed by atoms with E-state index >= 15 is 0 Å². The lowest BCUT2D eigenvalue weighted by molar-refractivity contribution is -0.130. The lowest BCUT2D eigenvalue weighted by atomic mass is 9.65. The van der Waals surface area contributed by atoms with Crippen LogP contribution in [0.15, 0.2) is 11.9 Å². The minimum atomic E-state index is -0.684. The summed E-state index contributed by atoms with van der Waals surface area (Å²) < 4.78 is 13.4. The van der Waals surface area contributed by atoms with Gasteiger partial charge in [-0.15, -0.1) is 0 Å². The highest BCUT2D eigenvalue weighted by Crippen LogP contribution is 2.45. The van der Waals surface area contributed by atoms with E-state index < -0.39 is 6.23 Å². The summed E-state index contributed by atoms with van der Waals surface area (Å²) in [5, 5.41) is 14.1. The Bertz CT molecular complexity index is 544. The van der Waals surface area contributed by atoms with Crippen molar-refractivity contribution in [2.45, 2.75) is 79.5 Å². The van der Waals surface area contributed by atoms with Crippen molar-refractivity contribution in [1.82, 2.24) is 10.2 Å². The van der Waals surface area contributed by atoms with E-state index in [1.807, 2.05) is 27.7 Å². The lowest BCUT2D eigenvalue weighted by Crippen LogP contribution is -2.59. The quantitative estimate of drug-likeness (QED) is 0.727. The molecule has 1 amide bonds. The highest BCUT2D eigenvalue weighted by molar-refractivity contribution is 5.78. The van der Waals surface area contributed by atoms with Crippen molar-refractivity contribution in [2.24, 2.45) is 29.1 Å². The van der Waals surface area contributed by atoms with Crippen LogP contribution in [0.1, 0.15) is 67.2 Å². The van der Waals surface area contributed by atoms with E-state index in [2.05, 4.69) is 24.1 Å². The zero-order chi connectivity index (χ0) is 20.4. The Morgan fingerprint density at radius 2 is 1.96 bits per heavy atom. The zero-order valence-electron chi connectivity index (χ0n) is 18.0. The maximum absolute atomic E-state index is 13.4. The Labute approximate surface area is 164 Å². The van der Waals surface area contributed by atoms with Gasteiger partial charge in [0.2, 0.25) is 5.91 Å². The number of allylic oxidation sites excluding steroid dienone is 2. The van der Waals surface area contributed by atoms with Gasteiger partial charge < -0.3 is 10.4 Å². The minimum Gasteiger partial charge on any atom is -0.376 e. The molecule has 1 heterocycles. The molecule has 4 atom stereocenters. The molecule has 0 spiro atoms. The second-order valence-electron chi connectivity index (χ2n) is 9.89. The number of carbonyl (C=O) groups excluding carboxylic acids is 1. The number of nitrogens with one attached hydrogen (secondary N) is 1. The van der Waals surface area contributed by atoms with Gasteiger partial charge in [0.05, 0.1) is 11.9 Å². The molecule has 0 aromatic carbocycles. The van der Waals surface area contributed by atoms with E-state index in [1.165, 1.54) is 0 Å². The smallest absolute Gasteiger partial charge is 0.222 e. The number of rotatable bonds is 6. The van der Waals surface area contributed by atoms with Gasteiger partial charge in [0, 0.05) is 19.0 Å². The summed E-state index contributed by atoms with van der Waals surface area (Å²) >= 11 is 0. The number of piperidine rings is 1. The van der Waals surface area contributed by atoms with Crippen LogP contribution in [0, 0.1) is 29.1 Å². The van der Waals surface area contributed by atoms with Gasteiger partial charge in [0.1, 0.15) is 6.23 Å². The summed E-state index contributed by atoms with van der Waals surface area (Å²) in [6.45, 7) is 14.0. The van der Waals surface area contributed by atoms with Gasteiger partial charge >= 0.3 is 0 Å². The zero-order valence-corrected chi connectivity index (χ0v) is 18.0. The molecule has 2 aliphatic rings. The summed E-state index contributed by atoms with van der Waals surface area (Å²) in [5.41, 5.74) is 0.0507. The SMILES string of the molecule is CC(C)C(=O)N[C@H](C(C)C)C(O)N1CCC(C2CC=C(F)CC2)C(C)(C)C1. The number of hydrogen-bond acceptors (Lipinski definition) is 3. The summed E-state index contributed by atoms with van der Waals surface area (Å²) in [7, 11) is 0. The van der Waals surface area contributed by atoms with Crippen LogP contribution < -0.4 is 5.32 Å². The third kappa shape index (κ3) is 5.54. The topological polar surface area (TPSA) is 52.6 Å². The monoisotopic (exact) mass is 382 g/mol. The van der Waals surface area contributed by atoms with Gasteiger partial charge in [-0.25, -0.2) is 4.39 Å². The third-order valence-corrected chi connectivity index (χ3v) is 6.55. The number of amides is 1. The fourth-order valence-electron chi connectivity index (χ4n) is 4.85. The minimum absolute atomic E-state index is 0.0158. The van der Waals surface area contributed by atoms with E-state index in [-0.39, 0.29) is 35.0 Å². The molecule has 156 valence electrons. The van der Waals surface area contributed by atoms with Crippen molar-refractivity contribution >= 4 is 5.91 Å². The molecule has 4 nitrogen and oxygen atoms in total. The summed E-state index contributed by atoms with van der Waals surface area (Å²) in [5.74, 6) is 1.14. The molecule has 27 heavy (non-hydrogen) atoms. The largest absolute Gasteiger partial charge is 0.376 e. The Balaban J connectivity index is 2.04. The molecule has 1 fully saturated rings. The molecule has 2 rings (SSSR count). The standard InChI is InChI=1S/C22H39FN2O2/c1-14(2)19(24-20(26)15(3)4)21(27)25-12-11-18(22(5,6)13-25)16-7-9-17(23)10-8-16/h9,14-16,18-19,21,27H,7-8,10-13H2,1-6H3,(H,24,26)/t16?,18?,19-,21?/m1/s1. The molecule has 3 unspecified atom stereocenters. The van der Waals surface area contributed by atoms with E-state index in [9.17, 15) is 14.3 Å². The molecule has 1 saturated heterocycles. The number of hydrogen-bond donors (Lipinski definition) is 2. The van der Waals surface area contributed by atoms with Crippen LogP contribution in [0.3, 0.4) is 0 Å². The molecule has 5 heteroatoms. The van der Waals surface area contributed by atoms with Crippen molar-refractivity contribution in [2.75, 3.05) is 13.1 Å². The van der Waals surface area contributed by atoms with E-state index in [4.69, 9.17) is 0 Å². The molecule has 0 aromatic rings. The van der Waals surface area contributed by atoms with Crippen LogP contribution in [0.25, 0.3) is 0 Å². The van der Waals surface area contributed by atoms with E-state index in [0.29, 0.717) is 18.3 Å². The first-order chi connectivity index (χ1) is 12.5. The van der Waals surface area contributed by atoms with Crippen molar-refractivity contribution < 1.29 is 14.3 Å². The van der Waals surface area contributed by atoms with Crippen LogP contribution in [0.4, 0.5) is 4.39 Å². The van der Waals surface area contributed by atoms with Crippen molar-refractivity contribution in [3.63, 3.8) is 0 Å². The molecule has 0 aromatic heterocycles. The maximum Gasteiger partial charge on any atom is 0.222 e. The number of aliphatic hydroxyl groups is 1. The van der Waals surface area contributed by atoms with Crippen molar-refractivity contribution in [3.8, 4) is 0 Å². The Hall–Kier alpha value is -0.940. The Morgan fingerprint density at radius 3 is 2.44 bits per heavy atom. The number of nitrogens with zero attached hydrogens (tertiary/aromatic N) is 1. The normalized spacial score (nSPS) is 28.7. The molecule has 1 aliphatic carbocycles. The molecular formula is C22H39FN2O2. The van der Waals surface area contributed by atoms with Gasteiger partial charge in [-0.3, -0.25) is 9.69 Å². The van der Waals surface area contributed by atoms with Crippen LogP contribution in [0.5, 0.6) is 0 Å². The fourth-order valence-corrected chi connectivity index (χ4v) is 4.85. The highest BCUT2D eigenvalue weighted by atomic mass is 19.1. The maximum atomic E-state index is 13.4. The Morgan fingerprint density at radius 1 is 1.30 bits per heavy atom. The molecular weight excluding hydrogens is 343 g/mol. The third-order valence-electron chi connectivity index (χ3n) is 6.55. The molecule has 1 aliphatic heterocycles. The van der Waals surface area contributed by atoms with Gasteiger partial charge in [-0.05, 0) is 48.9 Å². The summed E-state index contributed by atoms with van der Waals surface area (Å²) in [4.78, 5) is 14.3. The van der Waals surface area contributed by atoms with Gasteiger partial charge in [-0.1, -0.05) is 47.6 Å². The average Bonchev–Trinajstić information content (AvgIpc) is 2.58. The second kappa shape index (κ2) is 9.04. The predicted octanol–water partition coefficient (Wildman–Crippen LogP) is 4.10. The Kier molecular flexibility index (Phi) is 7.48. The molecule has 2 N–H and O–H groups in total. The molecule has 0 bridgehead atoms. The van der Waals surface area contributed by atoms with Gasteiger partial charge in [-0.2, -0.15) is 0 Å². The lowest BCUT2D eigenvalue weighted by Gasteiger charge is -2.50. The first kappa shape index (κ1) is 22.4. The fraction of sp³-hybridized carbons (Fsp3) is 0.864. The van der Waals surface area contributed by atoms with E-state index in [0.717, 1.165) is 32.4 Å². The number of likely N-dealkylation sites (tertiary alicyclic amines) is 1. The summed E-state index contributed by atoms with van der Waals surface area (Å²) in [6, 6.07) is -0.279. The highest BCUT2D eigenvalue weighted by Gasteiger charge is 2.43. The molecule has 0 saturated carbocycles. The van der Waals surface area contributed by atoms with Gasteiger partial charge in [0.25, 0.3) is 0 Å². The van der Waals surface area contributed by atoms with Crippen LogP contribution >= 0.6 is 0 Å². The number of carbonyl (C=O) groups is 1. The summed E-state index contributed by atoms with van der Waals surface area (Å²) in [6.07, 6.45) is 4.42. The first-order valence-corrected chi connectivity index (χ1v) is 10.6. The van der Waals surface area contributed by atoms with E-state index in [1.54, 1.807) is 6.08 Å². The van der Waals surface area contributed by atoms with Crippen LogP contribution in [-0.2, 0) is 4.79 Å². The van der Waals surface area contributed by atoms with Gasteiger partial charge in [0.15, 0.2) is 0 Å². The van der Waals surface area contributed by atoms with Crippen molar-refractivity contribution in [3.05, 3.63) is 11.9 Å². The number of aliphatic hydroxyl groups excluding tert-OH is 1. The predicted molar refractivity (Wildman–Crippen MR) is 108 cm³/mol. The first-order valence-electron chi connectivity index (χ1n) is 10.6. The number of halogens is 1. The van der Waals surface area contributed by atoms with Crippen LogP contribution in [0.2, 0.25) is 0 Å². The average molecular weight is 383 g/mol. The van der Waals surface area contributed by atoms with Crippen molar-refractivity contribution in [1.29, 1.82) is 0 Å². The second-order valence-corrected chi connectivity index (χ2v) is 9.89. The molecule has 0 radical (unpaired) electrons. The van der Waals surface area contributed by atoms with Crippen LogP contribution in [-0.4, -0.2) is 41.3 Å².